The second-order valence-electron chi connectivity index (χ2n) is 4.49. The van der Waals surface area contributed by atoms with Crippen LogP contribution in [-0.2, 0) is 11.6 Å². The molecule has 0 aromatic heterocycles. The molecule has 1 aromatic carbocycles. The molecule has 0 bridgehead atoms. The van der Waals surface area contributed by atoms with E-state index in [-0.39, 0.29) is 6.04 Å². The predicted octanol–water partition coefficient (Wildman–Crippen LogP) is 3.08. The normalized spacial score (nSPS) is 20.6. The lowest BCUT2D eigenvalue weighted by Crippen LogP contribution is -2.33. The van der Waals surface area contributed by atoms with Crippen LogP contribution in [0.4, 0.5) is 13.2 Å². The van der Waals surface area contributed by atoms with Gasteiger partial charge >= 0.3 is 6.18 Å². The summed E-state index contributed by atoms with van der Waals surface area (Å²) in [5, 5.41) is 0. The van der Waals surface area contributed by atoms with E-state index < -0.39 is 17.2 Å². The summed E-state index contributed by atoms with van der Waals surface area (Å²) in [7, 11) is 0. The van der Waals surface area contributed by atoms with E-state index in [0.29, 0.717) is 5.56 Å². The van der Waals surface area contributed by atoms with Crippen molar-refractivity contribution in [3.63, 3.8) is 0 Å². The highest BCUT2D eigenvalue weighted by Gasteiger charge is 2.51. The number of rotatable bonds is 2. The number of hydrogen-bond donors (Lipinski definition) is 1. The van der Waals surface area contributed by atoms with Gasteiger partial charge in [0.25, 0.3) is 0 Å². The van der Waals surface area contributed by atoms with Crippen LogP contribution in [0, 0.1) is 0 Å². The summed E-state index contributed by atoms with van der Waals surface area (Å²) >= 11 is 0. The fraction of sp³-hybridized carbons (Fsp3) is 0.500. The molecule has 0 heterocycles. The zero-order valence-electron chi connectivity index (χ0n) is 9.01. The van der Waals surface area contributed by atoms with Crippen molar-refractivity contribution < 1.29 is 13.2 Å². The summed E-state index contributed by atoms with van der Waals surface area (Å²) in [6.45, 7) is 1.78. The molecule has 1 saturated carbocycles. The Hall–Kier alpha value is -1.03. The zero-order chi connectivity index (χ0) is 12.0. The van der Waals surface area contributed by atoms with Gasteiger partial charge in [-0.25, -0.2) is 0 Å². The minimum atomic E-state index is -4.29. The molecule has 2 N–H and O–H groups in total. The molecule has 0 radical (unpaired) electrons. The molecule has 1 aromatic rings. The minimum absolute atomic E-state index is 0.240. The molecule has 16 heavy (non-hydrogen) atoms. The van der Waals surface area contributed by atoms with Crippen molar-refractivity contribution in [1.29, 1.82) is 0 Å². The van der Waals surface area contributed by atoms with E-state index in [1.165, 1.54) is 6.07 Å². The van der Waals surface area contributed by atoms with Crippen LogP contribution in [0.5, 0.6) is 0 Å². The SMILES string of the molecule is CC(N)C1(c2ccccc2C(F)(F)F)CC1. The highest BCUT2D eigenvalue weighted by molar-refractivity contribution is 5.41. The number of halogens is 3. The van der Waals surface area contributed by atoms with E-state index in [1.54, 1.807) is 19.1 Å². The van der Waals surface area contributed by atoms with Gasteiger partial charge < -0.3 is 5.73 Å². The van der Waals surface area contributed by atoms with Gasteiger partial charge in [0.15, 0.2) is 0 Å². The summed E-state index contributed by atoms with van der Waals surface area (Å²) in [6.07, 6.45) is -2.80. The van der Waals surface area contributed by atoms with Gasteiger partial charge in [0.1, 0.15) is 0 Å². The molecular formula is C12H14F3N. The predicted molar refractivity (Wildman–Crippen MR) is 56.0 cm³/mol. The highest BCUT2D eigenvalue weighted by Crippen LogP contribution is 2.53. The molecule has 88 valence electrons. The van der Waals surface area contributed by atoms with E-state index >= 15 is 0 Å². The number of alkyl halides is 3. The Bertz CT molecular complexity index is 391. The van der Waals surface area contributed by atoms with Crippen molar-refractivity contribution in [2.24, 2.45) is 5.73 Å². The quantitative estimate of drug-likeness (QED) is 0.828. The summed E-state index contributed by atoms with van der Waals surface area (Å²) in [5.74, 6) is 0. The maximum atomic E-state index is 12.8. The molecule has 1 nitrogen and oxygen atoms in total. The van der Waals surface area contributed by atoms with Gasteiger partial charge in [-0.3, -0.25) is 0 Å². The van der Waals surface area contributed by atoms with Crippen molar-refractivity contribution in [3.05, 3.63) is 35.4 Å². The summed E-state index contributed by atoms with van der Waals surface area (Å²) in [5.41, 5.74) is 5.18. The van der Waals surface area contributed by atoms with Crippen molar-refractivity contribution in [3.8, 4) is 0 Å². The van der Waals surface area contributed by atoms with Crippen molar-refractivity contribution in [2.75, 3.05) is 0 Å². The zero-order valence-corrected chi connectivity index (χ0v) is 9.01. The summed E-state index contributed by atoms with van der Waals surface area (Å²) in [6, 6.07) is 5.52. The van der Waals surface area contributed by atoms with Crippen LogP contribution in [0.25, 0.3) is 0 Å². The first-order chi connectivity index (χ1) is 7.38. The molecule has 1 aliphatic carbocycles. The second kappa shape index (κ2) is 3.48. The van der Waals surface area contributed by atoms with Gasteiger partial charge in [-0.15, -0.1) is 0 Å². The molecule has 1 unspecified atom stereocenters. The third kappa shape index (κ3) is 1.71. The maximum Gasteiger partial charge on any atom is 0.416 e. The van der Waals surface area contributed by atoms with Crippen LogP contribution in [0.2, 0.25) is 0 Å². The molecule has 0 amide bonds. The van der Waals surface area contributed by atoms with Gasteiger partial charge in [0.05, 0.1) is 5.56 Å². The first-order valence-corrected chi connectivity index (χ1v) is 5.30. The molecule has 0 spiro atoms. The van der Waals surface area contributed by atoms with Gasteiger partial charge in [0.2, 0.25) is 0 Å². The van der Waals surface area contributed by atoms with Crippen LogP contribution in [-0.4, -0.2) is 6.04 Å². The van der Waals surface area contributed by atoms with E-state index in [2.05, 4.69) is 0 Å². The fourth-order valence-corrected chi connectivity index (χ4v) is 2.27. The molecule has 4 heteroatoms. The Balaban J connectivity index is 2.50. The maximum absolute atomic E-state index is 12.8. The Kier molecular flexibility index (Phi) is 2.49. The van der Waals surface area contributed by atoms with E-state index in [4.69, 9.17) is 5.73 Å². The average Bonchev–Trinajstić information content (AvgIpc) is 2.97. The molecular weight excluding hydrogens is 215 g/mol. The Labute approximate surface area is 92.5 Å². The van der Waals surface area contributed by atoms with Crippen LogP contribution in [0.15, 0.2) is 24.3 Å². The Morgan fingerprint density at radius 3 is 2.25 bits per heavy atom. The lowest BCUT2D eigenvalue weighted by atomic mass is 9.86. The van der Waals surface area contributed by atoms with Gasteiger partial charge in [-0.1, -0.05) is 18.2 Å². The van der Waals surface area contributed by atoms with E-state index in [1.807, 2.05) is 0 Å². The summed E-state index contributed by atoms with van der Waals surface area (Å²) in [4.78, 5) is 0. The molecule has 1 atom stereocenters. The molecule has 2 rings (SSSR count). The van der Waals surface area contributed by atoms with Crippen molar-refractivity contribution in [1.82, 2.24) is 0 Å². The Morgan fingerprint density at radius 2 is 1.81 bits per heavy atom. The topological polar surface area (TPSA) is 26.0 Å². The highest BCUT2D eigenvalue weighted by atomic mass is 19.4. The monoisotopic (exact) mass is 229 g/mol. The smallest absolute Gasteiger partial charge is 0.327 e. The van der Waals surface area contributed by atoms with Crippen LogP contribution >= 0.6 is 0 Å². The molecule has 1 fully saturated rings. The summed E-state index contributed by atoms with van der Waals surface area (Å²) < 4.78 is 38.5. The Morgan fingerprint density at radius 1 is 1.25 bits per heavy atom. The molecule has 0 aliphatic heterocycles. The lowest BCUT2D eigenvalue weighted by Gasteiger charge is -2.24. The van der Waals surface area contributed by atoms with Gasteiger partial charge in [-0.2, -0.15) is 13.2 Å². The largest absolute Gasteiger partial charge is 0.416 e. The third-order valence-corrected chi connectivity index (χ3v) is 3.43. The molecule has 0 saturated heterocycles. The standard InChI is InChI=1S/C12H14F3N/c1-8(16)11(6-7-11)9-4-2-3-5-10(9)12(13,14)15/h2-5,8H,6-7,16H2,1H3. The van der Waals surface area contributed by atoms with Crippen LogP contribution < -0.4 is 5.73 Å². The fourth-order valence-electron chi connectivity index (χ4n) is 2.27. The third-order valence-electron chi connectivity index (χ3n) is 3.43. The number of nitrogens with two attached hydrogens (primary N) is 1. The van der Waals surface area contributed by atoms with Crippen molar-refractivity contribution in [2.45, 2.75) is 37.4 Å². The second-order valence-corrected chi connectivity index (χ2v) is 4.49. The average molecular weight is 229 g/mol. The van der Waals surface area contributed by atoms with Crippen LogP contribution in [0.1, 0.15) is 30.9 Å². The lowest BCUT2D eigenvalue weighted by molar-refractivity contribution is -0.138. The van der Waals surface area contributed by atoms with Gasteiger partial charge in [0, 0.05) is 11.5 Å². The van der Waals surface area contributed by atoms with E-state index in [9.17, 15) is 13.2 Å². The van der Waals surface area contributed by atoms with Crippen molar-refractivity contribution >= 4 is 0 Å². The number of benzene rings is 1. The van der Waals surface area contributed by atoms with Gasteiger partial charge in [-0.05, 0) is 31.4 Å². The van der Waals surface area contributed by atoms with E-state index in [0.717, 1.165) is 18.9 Å². The van der Waals surface area contributed by atoms with Crippen LogP contribution in [0.3, 0.4) is 0 Å². The first-order valence-electron chi connectivity index (χ1n) is 5.30. The number of hydrogen-bond acceptors (Lipinski definition) is 1. The molecule has 1 aliphatic rings. The first kappa shape index (κ1) is 11.5. The minimum Gasteiger partial charge on any atom is -0.327 e.